The lowest BCUT2D eigenvalue weighted by atomic mass is 10.1. The maximum absolute atomic E-state index is 10.9. The van der Waals surface area contributed by atoms with Crippen LogP contribution in [0.2, 0.25) is 0 Å². The molecule has 0 fully saturated rings. The van der Waals surface area contributed by atoms with Gasteiger partial charge in [0.05, 0.1) is 5.56 Å². The quantitative estimate of drug-likeness (QED) is 0.727. The van der Waals surface area contributed by atoms with Gasteiger partial charge in [0.15, 0.2) is 5.78 Å². The number of phenolic OH excluding ortho intramolecular Hbond substituents is 2. The second-order valence-corrected chi connectivity index (χ2v) is 3.23. The molecule has 0 unspecified atom stereocenters. The van der Waals surface area contributed by atoms with Crippen molar-refractivity contribution in [3.8, 4) is 11.5 Å². The number of halogens is 1. The van der Waals surface area contributed by atoms with Gasteiger partial charge in [-0.25, -0.2) is 0 Å². The summed E-state index contributed by atoms with van der Waals surface area (Å²) in [5.41, 5.74) is 0.188. The van der Waals surface area contributed by atoms with E-state index in [-0.39, 0.29) is 22.8 Å². The molecular weight excluding hydrogens is 224 g/mol. The minimum Gasteiger partial charge on any atom is -0.508 e. The van der Waals surface area contributed by atoms with Crippen molar-refractivity contribution < 1.29 is 15.0 Å². The summed E-state index contributed by atoms with van der Waals surface area (Å²) in [4.78, 5) is 10.9. The summed E-state index contributed by atoms with van der Waals surface area (Å²) in [6.07, 6.45) is 0. The number of Topliss-reactive ketones (excluding diaryl/α,β-unsaturated/α-hetero) is 1. The van der Waals surface area contributed by atoms with Crippen LogP contribution in [0, 0.1) is 0 Å². The van der Waals surface area contributed by atoms with Gasteiger partial charge in [-0.3, -0.25) is 4.79 Å². The SMILES string of the molecule is CC(=O)c1c(O)cc(O)cc1Br. The lowest BCUT2D eigenvalue weighted by Gasteiger charge is -2.03. The highest BCUT2D eigenvalue weighted by Gasteiger charge is 2.11. The van der Waals surface area contributed by atoms with Gasteiger partial charge in [-0.05, 0) is 28.9 Å². The largest absolute Gasteiger partial charge is 0.508 e. The fourth-order valence-electron chi connectivity index (χ4n) is 0.927. The third kappa shape index (κ3) is 1.58. The van der Waals surface area contributed by atoms with E-state index in [4.69, 9.17) is 5.11 Å². The van der Waals surface area contributed by atoms with Gasteiger partial charge in [0.1, 0.15) is 11.5 Å². The highest BCUT2D eigenvalue weighted by molar-refractivity contribution is 9.10. The number of hydrogen-bond acceptors (Lipinski definition) is 3. The molecule has 0 aromatic heterocycles. The van der Waals surface area contributed by atoms with Gasteiger partial charge in [-0.15, -0.1) is 0 Å². The van der Waals surface area contributed by atoms with E-state index >= 15 is 0 Å². The van der Waals surface area contributed by atoms with E-state index in [9.17, 15) is 9.90 Å². The van der Waals surface area contributed by atoms with Gasteiger partial charge in [-0.1, -0.05) is 0 Å². The van der Waals surface area contributed by atoms with Crippen molar-refractivity contribution in [2.75, 3.05) is 0 Å². The predicted octanol–water partition coefficient (Wildman–Crippen LogP) is 2.06. The summed E-state index contributed by atoms with van der Waals surface area (Å²) < 4.78 is 0.396. The van der Waals surface area contributed by atoms with Crippen molar-refractivity contribution >= 4 is 21.7 Å². The molecule has 0 aliphatic carbocycles. The highest BCUT2D eigenvalue weighted by Crippen LogP contribution is 2.30. The Morgan fingerprint density at radius 2 is 2.00 bits per heavy atom. The second-order valence-electron chi connectivity index (χ2n) is 2.38. The zero-order valence-corrected chi connectivity index (χ0v) is 7.92. The molecule has 0 saturated carbocycles. The van der Waals surface area contributed by atoms with Crippen LogP contribution in [-0.4, -0.2) is 16.0 Å². The van der Waals surface area contributed by atoms with Crippen molar-refractivity contribution in [2.24, 2.45) is 0 Å². The maximum atomic E-state index is 10.9. The minimum absolute atomic E-state index is 0.0793. The van der Waals surface area contributed by atoms with Gasteiger partial charge in [0, 0.05) is 10.5 Å². The first kappa shape index (κ1) is 9.06. The summed E-state index contributed by atoms with van der Waals surface area (Å²) in [6.45, 7) is 1.34. The Morgan fingerprint density at radius 3 is 2.42 bits per heavy atom. The van der Waals surface area contributed by atoms with Gasteiger partial charge in [0.25, 0.3) is 0 Å². The summed E-state index contributed by atoms with van der Waals surface area (Å²) in [5, 5.41) is 18.2. The molecule has 2 N–H and O–H groups in total. The maximum Gasteiger partial charge on any atom is 0.164 e. The average Bonchev–Trinajstić information content (AvgIpc) is 1.82. The van der Waals surface area contributed by atoms with E-state index in [1.54, 1.807) is 0 Å². The van der Waals surface area contributed by atoms with Crippen LogP contribution in [0.3, 0.4) is 0 Å². The van der Waals surface area contributed by atoms with E-state index in [2.05, 4.69) is 15.9 Å². The molecule has 0 heterocycles. The summed E-state index contributed by atoms with van der Waals surface area (Å²) in [7, 11) is 0. The molecule has 12 heavy (non-hydrogen) atoms. The van der Waals surface area contributed by atoms with E-state index in [1.807, 2.05) is 0 Å². The smallest absolute Gasteiger partial charge is 0.164 e. The van der Waals surface area contributed by atoms with E-state index in [0.717, 1.165) is 6.07 Å². The molecule has 0 atom stereocenters. The molecule has 0 amide bonds. The van der Waals surface area contributed by atoms with Gasteiger partial charge in [0.2, 0.25) is 0 Å². The van der Waals surface area contributed by atoms with Crippen LogP contribution < -0.4 is 0 Å². The first-order valence-electron chi connectivity index (χ1n) is 3.25. The fraction of sp³-hybridized carbons (Fsp3) is 0.125. The predicted molar refractivity (Wildman–Crippen MR) is 47.5 cm³/mol. The molecule has 0 bridgehead atoms. The normalized spacial score (nSPS) is 9.83. The standard InChI is InChI=1S/C8H7BrO3/c1-4(10)8-6(9)2-5(11)3-7(8)12/h2-3,11-12H,1H3. The fourth-order valence-corrected chi connectivity index (χ4v) is 1.64. The first-order chi connectivity index (χ1) is 5.52. The minimum atomic E-state index is -0.251. The Balaban J connectivity index is 3.38. The van der Waals surface area contributed by atoms with Crippen LogP contribution in [0.25, 0.3) is 0 Å². The molecule has 0 aliphatic rings. The number of carbonyl (C=O) groups is 1. The number of benzene rings is 1. The van der Waals surface area contributed by atoms with Crippen molar-refractivity contribution in [1.82, 2.24) is 0 Å². The first-order valence-corrected chi connectivity index (χ1v) is 4.04. The van der Waals surface area contributed by atoms with E-state index in [0.29, 0.717) is 4.47 Å². The number of aromatic hydroxyl groups is 2. The summed E-state index contributed by atoms with van der Waals surface area (Å²) >= 11 is 3.06. The van der Waals surface area contributed by atoms with Crippen LogP contribution in [-0.2, 0) is 0 Å². The molecule has 64 valence electrons. The van der Waals surface area contributed by atoms with E-state index < -0.39 is 0 Å². The molecule has 4 heteroatoms. The Hall–Kier alpha value is -1.03. The lowest BCUT2D eigenvalue weighted by Crippen LogP contribution is -1.93. The molecule has 0 radical (unpaired) electrons. The number of ketones is 1. The Kier molecular flexibility index (Phi) is 2.38. The van der Waals surface area contributed by atoms with Crippen molar-refractivity contribution in [2.45, 2.75) is 6.92 Å². The number of phenols is 2. The number of hydrogen-bond donors (Lipinski definition) is 2. The molecule has 0 aliphatic heterocycles. The summed E-state index contributed by atoms with van der Waals surface area (Å²) in [5.74, 6) is -0.543. The molecule has 0 spiro atoms. The monoisotopic (exact) mass is 230 g/mol. The van der Waals surface area contributed by atoms with Crippen LogP contribution >= 0.6 is 15.9 Å². The Morgan fingerprint density at radius 1 is 1.42 bits per heavy atom. The lowest BCUT2D eigenvalue weighted by molar-refractivity contribution is 0.101. The van der Waals surface area contributed by atoms with Gasteiger partial charge < -0.3 is 10.2 Å². The Bertz CT molecular complexity index is 310. The highest BCUT2D eigenvalue weighted by atomic mass is 79.9. The van der Waals surface area contributed by atoms with Crippen LogP contribution in [0.15, 0.2) is 16.6 Å². The Labute approximate surface area is 77.8 Å². The molecule has 0 saturated heterocycles. The average molecular weight is 231 g/mol. The number of carbonyl (C=O) groups excluding carboxylic acids is 1. The van der Waals surface area contributed by atoms with Crippen molar-refractivity contribution in [1.29, 1.82) is 0 Å². The zero-order valence-electron chi connectivity index (χ0n) is 6.34. The zero-order chi connectivity index (χ0) is 9.30. The van der Waals surface area contributed by atoms with Crippen LogP contribution in [0.5, 0.6) is 11.5 Å². The van der Waals surface area contributed by atoms with E-state index in [1.165, 1.54) is 13.0 Å². The third-order valence-corrected chi connectivity index (χ3v) is 2.03. The van der Waals surface area contributed by atoms with Gasteiger partial charge in [-0.2, -0.15) is 0 Å². The summed E-state index contributed by atoms with van der Waals surface area (Å²) in [6, 6.07) is 2.48. The molecule has 1 aromatic rings. The van der Waals surface area contributed by atoms with Crippen molar-refractivity contribution in [3.63, 3.8) is 0 Å². The second kappa shape index (κ2) is 3.15. The molecule has 3 nitrogen and oxygen atoms in total. The number of rotatable bonds is 1. The van der Waals surface area contributed by atoms with Crippen LogP contribution in [0.4, 0.5) is 0 Å². The van der Waals surface area contributed by atoms with Crippen molar-refractivity contribution in [3.05, 3.63) is 22.2 Å². The molecule has 1 aromatic carbocycles. The molecule has 1 rings (SSSR count). The molecular formula is C8H7BrO3. The van der Waals surface area contributed by atoms with Crippen LogP contribution in [0.1, 0.15) is 17.3 Å². The third-order valence-electron chi connectivity index (χ3n) is 1.41. The van der Waals surface area contributed by atoms with Gasteiger partial charge >= 0.3 is 0 Å². The topological polar surface area (TPSA) is 57.5 Å².